The van der Waals surface area contributed by atoms with Crippen LogP contribution in [0.3, 0.4) is 0 Å². The monoisotopic (exact) mass is 140 g/mol. The molecule has 0 aromatic rings. The van der Waals surface area contributed by atoms with Gasteiger partial charge in [0.25, 0.3) is 6.43 Å². The molecular formula is C4H10F2N2O. The van der Waals surface area contributed by atoms with E-state index in [9.17, 15) is 8.78 Å². The van der Waals surface area contributed by atoms with Gasteiger partial charge in [0, 0.05) is 7.11 Å². The molecule has 0 aliphatic carbocycles. The van der Waals surface area contributed by atoms with Crippen molar-refractivity contribution in [3.8, 4) is 0 Å². The molecule has 0 bridgehead atoms. The number of hydrogen-bond acceptors (Lipinski definition) is 3. The molecule has 5 heteroatoms. The van der Waals surface area contributed by atoms with E-state index >= 15 is 0 Å². The van der Waals surface area contributed by atoms with Gasteiger partial charge in [-0.3, -0.25) is 5.84 Å². The summed E-state index contributed by atoms with van der Waals surface area (Å²) in [7, 11) is 1.34. The normalized spacial score (nSPS) is 14.3. The Balaban J connectivity index is 3.41. The summed E-state index contributed by atoms with van der Waals surface area (Å²) in [4.78, 5) is 0. The van der Waals surface area contributed by atoms with Gasteiger partial charge in [0.2, 0.25) is 0 Å². The van der Waals surface area contributed by atoms with Crippen LogP contribution in [0.4, 0.5) is 8.78 Å². The molecule has 0 spiro atoms. The predicted molar refractivity (Wildman–Crippen MR) is 29.0 cm³/mol. The molecule has 0 aliphatic rings. The summed E-state index contributed by atoms with van der Waals surface area (Å²) in [5.74, 6) is 4.75. The summed E-state index contributed by atoms with van der Waals surface area (Å²) in [6.45, 7) is -0.0752. The molecular weight excluding hydrogens is 130 g/mol. The summed E-state index contributed by atoms with van der Waals surface area (Å²) >= 11 is 0. The Bertz CT molecular complexity index is 71.6. The molecule has 56 valence electrons. The van der Waals surface area contributed by atoms with Gasteiger partial charge < -0.3 is 4.74 Å². The van der Waals surface area contributed by atoms with Gasteiger partial charge in [-0.15, -0.1) is 0 Å². The molecule has 0 heterocycles. The van der Waals surface area contributed by atoms with Crippen molar-refractivity contribution in [2.24, 2.45) is 5.84 Å². The molecule has 3 N–H and O–H groups in total. The summed E-state index contributed by atoms with van der Waals surface area (Å²) in [5, 5.41) is 0. The highest BCUT2D eigenvalue weighted by molar-refractivity contribution is 4.63. The minimum atomic E-state index is -2.48. The van der Waals surface area contributed by atoms with E-state index in [1.165, 1.54) is 7.11 Å². The largest absolute Gasteiger partial charge is 0.383 e. The number of hydrogen-bond donors (Lipinski definition) is 2. The Morgan fingerprint density at radius 1 is 1.67 bits per heavy atom. The van der Waals surface area contributed by atoms with Gasteiger partial charge >= 0.3 is 0 Å². The second-order valence-corrected chi connectivity index (χ2v) is 1.56. The molecule has 1 unspecified atom stereocenters. The van der Waals surface area contributed by atoms with Crippen LogP contribution in [-0.2, 0) is 4.74 Å². The van der Waals surface area contributed by atoms with Gasteiger partial charge in [-0.2, -0.15) is 0 Å². The number of ether oxygens (including phenoxy) is 1. The molecule has 1 atom stereocenters. The number of halogens is 2. The quantitative estimate of drug-likeness (QED) is 0.417. The molecule has 0 amide bonds. The van der Waals surface area contributed by atoms with Gasteiger partial charge in [-0.25, -0.2) is 14.2 Å². The maximum atomic E-state index is 11.7. The van der Waals surface area contributed by atoms with E-state index in [1.54, 1.807) is 0 Å². The van der Waals surface area contributed by atoms with Crippen molar-refractivity contribution in [1.82, 2.24) is 5.43 Å². The van der Waals surface area contributed by atoms with E-state index in [0.717, 1.165) is 0 Å². The third-order valence-electron chi connectivity index (χ3n) is 0.864. The van der Waals surface area contributed by atoms with Crippen LogP contribution in [-0.4, -0.2) is 26.2 Å². The van der Waals surface area contributed by atoms with Crippen molar-refractivity contribution in [2.75, 3.05) is 13.7 Å². The number of nitrogens with two attached hydrogens (primary N) is 1. The van der Waals surface area contributed by atoms with Crippen molar-refractivity contribution in [3.63, 3.8) is 0 Å². The minimum absolute atomic E-state index is 0.0752. The molecule has 9 heavy (non-hydrogen) atoms. The summed E-state index contributed by atoms with van der Waals surface area (Å²) in [5.41, 5.74) is 1.93. The van der Waals surface area contributed by atoms with Gasteiger partial charge in [0.1, 0.15) is 6.04 Å². The zero-order valence-electron chi connectivity index (χ0n) is 5.10. The Kier molecular flexibility index (Phi) is 4.47. The fraction of sp³-hybridized carbons (Fsp3) is 1.00. The first-order valence-corrected chi connectivity index (χ1v) is 2.45. The van der Waals surface area contributed by atoms with Crippen LogP contribution in [0.25, 0.3) is 0 Å². The van der Waals surface area contributed by atoms with E-state index in [-0.39, 0.29) is 6.61 Å². The van der Waals surface area contributed by atoms with Gasteiger partial charge in [0.15, 0.2) is 0 Å². The average molecular weight is 140 g/mol. The van der Waals surface area contributed by atoms with Crippen LogP contribution in [0.1, 0.15) is 0 Å². The number of hydrazine groups is 1. The summed E-state index contributed by atoms with van der Waals surface area (Å²) < 4.78 is 27.8. The van der Waals surface area contributed by atoms with Crippen LogP contribution in [0.5, 0.6) is 0 Å². The van der Waals surface area contributed by atoms with Crippen LogP contribution >= 0.6 is 0 Å². The first-order chi connectivity index (χ1) is 4.22. The second kappa shape index (κ2) is 4.60. The highest BCUT2D eigenvalue weighted by atomic mass is 19.3. The molecule has 0 saturated carbocycles. The minimum Gasteiger partial charge on any atom is -0.383 e. The third kappa shape index (κ3) is 3.34. The molecule has 0 aromatic carbocycles. The van der Waals surface area contributed by atoms with Crippen molar-refractivity contribution in [2.45, 2.75) is 12.5 Å². The predicted octanol–water partition coefficient (Wildman–Crippen LogP) is -0.270. The Morgan fingerprint density at radius 3 is 2.33 bits per heavy atom. The zero-order valence-corrected chi connectivity index (χ0v) is 5.10. The first-order valence-electron chi connectivity index (χ1n) is 2.45. The summed E-state index contributed by atoms with van der Waals surface area (Å²) in [6, 6.07) is -1.06. The van der Waals surface area contributed by atoms with E-state index in [0.29, 0.717) is 0 Å². The fourth-order valence-corrected chi connectivity index (χ4v) is 0.373. The van der Waals surface area contributed by atoms with E-state index in [4.69, 9.17) is 5.84 Å². The molecule has 0 aliphatic heterocycles. The lowest BCUT2D eigenvalue weighted by Crippen LogP contribution is -2.43. The smallest absolute Gasteiger partial charge is 0.257 e. The number of rotatable bonds is 4. The molecule has 3 nitrogen and oxygen atoms in total. The first kappa shape index (κ1) is 8.74. The lowest BCUT2D eigenvalue weighted by molar-refractivity contribution is 0.0492. The van der Waals surface area contributed by atoms with E-state index < -0.39 is 12.5 Å². The average Bonchev–Trinajstić information content (AvgIpc) is 1.82. The third-order valence-corrected chi connectivity index (χ3v) is 0.864. The number of alkyl halides is 2. The Hall–Kier alpha value is -0.260. The molecule has 0 fully saturated rings. The number of methoxy groups -OCH3 is 1. The fourth-order valence-electron chi connectivity index (χ4n) is 0.373. The van der Waals surface area contributed by atoms with Crippen molar-refractivity contribution < 1.29 is 13.5 Å². The summed E-state index contributed by atoms with van der Waals surface area (Å²) in [6.07, 6.45) is -2.48. The molecule has 0 aromatic heterocycles. The zero-order chi connectivity index (χ0) is 7.28. The lowest BCUT2D eigenvalue weighted by atomic mass is 10.3. The van der Waals surface area contributed by atoms with Gasteiger partial charge in [0.05, 0.1) is 6.61 Å². The van der Waals surface area contributed by atoms with Gasteiger partial charge in [-0.05, 0) is 0 Å². The van der Waals surface area contributed by atoms with Gasteiger partial charge in [-0.1, -0.05) is 0 Å². The van der Waals surface area contributed by atoms with E-state index in [1.807, 2.05) is 5.43 Å². The molecule has 0 rings (SSSR count). The maximum absolute atomic E-state index is 11.7. The number of nitrogens with one attached hydrogen (secondary N) is 1. The Morgan fingerprint density at radius 2 is 2.22 bits per heavy atom. The van der Waals surface area contributed by atoms with Crippen molar-refractivity contribution >= 4 is 0 Å². The van der Waals surface area contributed by atoms with Crippen LogP contribution in [0, 0.1) is 0 Å². The lowest BCUT2D eigenvalue weighted by Gasteiger charge is -2.12. The Labute approximate surface area is 52.1 Å². The van der Waals surface area contributed by atoms with Crippen LogP contribution in [0.15, 0.2) is 0 Å². The molecule has 0 radical (unpaired) electrons. The second-order valence-electron chi connectivity index (χ2n) is 1.56. The van der Waals surface area contributed by atoms with Crippen molar-refractivity contribution in [1.29, 1.82) is 0 Å². The van der Waals surface area contributed by atoms with Crippen LogP contribution in [0.2, 0.25) is 0 Å². The maximum Gasteiger partial charge on any atom is 0.257 e. The highest BCUT2D eigenvalue weighted by Crippen LogP contribution is 1.98. The SMILES string of the molecule is COCC(NN)C(F)F. The highest BCUT2D eigenvalue weighted by Gasteiger charge is 2.17. The van der Waals surface area contributed by atoms with Crippen LogP contribution < -0.4 is 11.3 Å². The topological polar surface area (TPSA) is 47.3 Å². The van der Waals surface area contributed by atoms with Crippen molar-refractivity contribution in [3.05, 3.63) is 0 Å². The van der Waals surface area contributed by atoms with E-state index in [2.05, 4.69) is 4.74 Å². The molecule has 0 saturated heterocycles. The standard InChI is InChI=1S/C4H10F2N2O/c1-9-2-3(8-7)4(5)6/h3-4,8H,2,7H2,1H3.